The van der Waals surface area contributed by atoms with Crippen LogP contribution in [0.5, 0.6) is 0 Å². The predicted octanol–water partition coefficient (Wildman–Crippen LogP) is 2.75. The third-order valence-corrected chi connectivity index (χ3v) is 4.64. The number of rotatable bonds is 4. The summed E-state index contributed by atoms with van der Waals surface area (Å²) in [5.74, 6) is -0.215. The highest BCUT2D eigenvalue weighted by Crippen LogP contribution is 2.40. The summed E-state index contributed by atoms with van der Waals surface area (Å²) in [5, 5.41) is 9.35. The molecule has 2 aliphatic rings. The molecule has 17 heavy (non-hydrogen) atoms. The van der Waals surface area contributed by atoms with Crippen molar-refractivity contribution in [1.82, 2.24) is 4.90 Å². The van der Waals surface area contributed by atoms with Crippen molar-refractivity contribution in [3.8, 4) is 0 Å². The van der Waals surface area contributed by atoms with E-state index in [2.05, 4.69) is 18.7 Å². The van der Waals surface area contributed by atoms with Crippen LogP contribution in [0.4, 0.5) is 0 Å². The highest BCUT2D eigenvalue weighted by atomic mass is 16.4. The first-order chi connectivity index (χ1) is 7.91. The lowest BCUT2D eigenvalue weighted by atomic mass is 9.75. The summed E-state index contributed by atoms with van der Waals surface area (Å²) < 4.78 is 0. The SMILES string of the molecule is CN(C1CCC(C)(C)CC1)C(C(=O)O)C1CC1. The average Bonchev–Trinajstić information content (AvgIpc) is 3.01. The molecule has 3 nitrogen and oxygen atoms in total. The van der Waals surface area contributed by atoms with Gasteiger partial charge in [0.25, 0.3) is 0 Å². The van der Waals surface area contributed by atoms with Crippen molar-refractivity contribution in [3.05, 3.63) is 0 Å². The standard InChI is InChI=1S/C14H25NO2/c1-14(2)8-6-11(7-9-14)15(3)12(13(16)17)10-4-5-10/h10-12H,4-9H2,1-3H3,(H,16,17). The van der Waals surface area contributed by atoms with Gasteiger partial charge in [-0.1, -0.05) is 13.8 Å². The zero-order valence-corrected chi connectivity index (χ0v) is 11.3. The maximum Gasteiger partial charge on any atom is 0.321 e. The van der Waals surface area contributed by atoms with Gasteiger partial charge in [0, 0.05) is 6.04 Å². The summed E-state index contributed by atoms with van der Waals surface area (Å²) in [5.41, 5.74) is 0.454. The number of hydrogen-bond donors (Lipinski definition) is 1. The van der Waals surface area contributed by atoms with Crippen LogP contribution in [0.2, 0.25) is 0 Å². The molecule has 0 aromatic carbocycles. The molecule has 0 aromatic rings. The van der Waals surface area contributed by atoms with E-state index in [-0.39, 0.29) is 6.04 Å². The van der Waals surface area contributed by atoms with Crippen molar-refractivity contribution in [2.45, 2.75) is 64.5 Å². The van der Waals surface area contributed by atoms with Gasteiger partial charge in [-0.05, 0) is 56.9 Å². The van der Waals surface area contributed by atoms with E-state index in [0.29, 0.717) is 17.4 Å². The smallest absolute Gasteiger partial charge is 0.321 e. The van der Waals surface area contributed by atoms with E-state index in [1.807, 2.05) is 7.05 Å². The summed E-state index contributed by atoms with van der Waals surface area (Å²) in [7, 11) is 2.01. The summed E-state index contributed by atoms with van der Waals surface area (Å²) >= 11 is 0. The number of carboxylic acid groups (broad SMARTS) is 1. The van der Waals surface area contributed by atoms with Gasteiger partial charge in [-0.2, -0.15) is 0 Å². The largest absolute Gasteiger partial charge is 0.480 e. The molecule has 0 spiro atoms. The minimum Gasteiger partial charge on any atom is -0.480 e. The zero-order valence-electron chi connectivity index (χ0n) is 11.3. The van der Waals surface area contributed by atoms with Crippen LogP contribution in [0.1, 0.15) is 52.4 Å². The van der Waals surface area contributed by atoms with E-state index in [9.17, 15) is 9.90 Å². The van der Waals surface area contributed by atoms with E-state index in [1.54, 1.807) is 0 Å². The Bertz CT molecular complexity index is 287. The van der Waals surface area contributed by atoms with Crippen LogP contribution < -0.4 is 0 Å². The lowest BCUT2D eigenvalue weighted by molar-refractivity contribution is -0.145. The van der Waals surface area contributed by atoms with Gasteiger partial charge < -0.3 is 5.11 Å². The molecule has 1 atom stereocenters. The molecule has 0 saturated heterocycles. The second-order valence-corrected chi connectivity index (χ2v) is 6.68. The maximum absolute atomic E-state index is 11.4. The molecule has 0 aliphatic heterocycles. The highest BCUT2D eigenvalue weighted by Gasteiger charge is 2.42. The van der Waals surface area contributed by atoms with Gasteiger partial charge in [0.05, 0.1) is 0 Å². The topological polar surface area (TPSA) is 40.5 Å². The van der Waals surface area contributed by atoms with Crippen LogP contribution in [-0.4, -0.2) is 35.1 Å². The first kappa shape index (κ1) is 12.9. The van der Waals surface area contributed by atoms with Crippen LogP contribution in [-0.2, 0) is 4.79 Å². The van der Waals surface area contributed by atoms with E-state index in [0.717, 1.165) is 25.7 Å². The predicted molar refractivity (Wildman–Crippen MR) is 67.9 cm³/mol. The average molecular weight is 239 g/mol. The van der Waals surface area contributed by atoms with Gasteiger partial charge in [0.1, 0.15) is 6.04 Å². The number of nitrogens with zero attached hydrogens (tertiary/aromatic N) is 1. The number of carbonyl (C=O) groups is 1. The molecule has 2 saturated carbocycles. The molecule has 0 amide bonds. The molecule has 1 N–H and O–H groups in total. The quantitative estimate of drug-likeness (QED) is 0.820. The van der Waals surface area contributed by atoms with Crippen molar-refractivity contribution in [2.75, 3.05) is 7.05 Å². The van der Waals surface area contributed by atoms with Crippen molar-refractivity contribution in [2.24, 2.45) is 11.3 Å². The molecule has 0 radical (unpaired) electrons. The Morgan fingerprint density at radius 1 is 1.24 bits per heavy atom. The number of likely N-dealkylation sites (N-methyl/N-ethyl adjacent to an activating group) is 1. The normalized spacial score (nSPS) is 27.1. The summed E-state index contributed by atoms with van der Waals surface area (Å²) in [6.45, 7) is 4.64. The minimum atomic E-state index is -0.625. The van der Waals surface area contributed by atoms with Crippen LogP contribution in [0.25, 0.3) is 0 Å². The summed E-state index contributed by atoms with van der Waals surface area (Å²) in [6.07, 6.45) is 6.94. The fraction of sp³-hybridized carbons (Fsp3) is 0.929. The third-order valence-electron chi connectivity index (χ3n) is 4.64. The van der Waals surface area contributed by atoms with Gasteiger partial charge in [-0.25, -0.2) is 0 Å². The van der Waals surface area contributed by atoms with Gasteiger partial charge in [-0.15, -0.1) is 0 Å². The number of aliphatic carboxylic acids is 1. The van der Waals surface area contributed by atoms with Crippen LogP contribution in [0.15, 0.2) is 0 Å². The summed E-state index contributed by atoms with van der Waals surface area (Å²) in [4.78, 5) is 13.5. The Morgan fingerprint density at radius 2 is 1.76 bits per heavy atom. The van der Waals surface area contributed by atoms with E-state index >= 15 is 0 Å². The minimum absolute atomic E-state index is 0.235. The van der Waals surface area contributed by atoms with Crippen molar-refractivity contribution in [1.29, 1.82) is 0 Å². The van der Waals surface area contributed by atoms with E-state index in [4.69, 9.17) is 0 Å². The second-order valence-electron chi connectivity index (χ2n) is 6.68. The molecule has 0 heterocycles. The lowest BCUT2D eigenvalue weighted by Crippen LogP contribution is -2.48. The summed E-state index contributed by atoms with van der Waals surface area (Å²) in [6, 6.07) is 0.242. The van der Waals surface area contributed by atoms with Crippen LogP contribution >= 0.6 is 0 Å². The molecule has 2 aliphatic carbocycles. The Hall–Kier alpha value is -0.570. The Morgan fingerprint density at radius 3 is 2.18 bits per heavy atom. The van der Waals surface area contributed by atoms with Gasteiger partial charge in [0.2, 0.25) is 0 Å². The van der Waals surface area contributed by atoms with Gasteiger partial charge in [0.15, 0.2) is 0 Å². The molecule has 98 valence electrons. The van der Waals surface area contributed by atoms with Crippen LogP contribution in [0.3, 0.4) is 0 Å². The fourth-order valence-corrected chi connectivity index (χ4v) is 3.14. The Labute approximate surface area is 104 Å². The molecule has 2 rings (SSSR count). The first-order valence-corrected chi connectivity index (χ1v) is 6.85. The Kier molecular flexibility index (Phi) is 3.48. The first-order valence-electron chi connectivity index (χ1n) is 6.85. The molecular weight excluding hydrogens is 214 g/mol. The highest BCUT2D eigenvalue weighted by molar-refractivity contribution is 5.74. The molecule has 0 bridgehead atoms. The number of hydrogen-bond acceptors (Lipinski definition) is 2. The van der Waals surface area contributed by atoms with E-state index < -0.39 is 5.97 Å². The third kappa shape index (κ3) is 3.01. The monoisotopic (exact) mass is 239 g/mol. The zero-order chi connectivity index (χ0) is 12.6. The molecule has 1 unspecified atom stereocenters. The van der Waals surface area contributed by atoms with Crippen molar-refractivity contribution < 1.29 is 9.90 Å². The van der Waals surface area contributed by atoms with Gasteiger partial charge >= 0.3 is 5.97 Å². The molecule has 2 fully saturated rings. The van der Waals surface area contributed by atoms with E-state index in [1.165, 1.54) is 12.8 Å². The lowest BCUT2D eigenvalue weighted by Gasteiger charge is -2.40. The van der Waals surface area contributed by atoms with Gasteiger partial charge in [-0.3, -0.25) is 9.69 Å². The molecular formula is C14H25NO2. The second kappa shape index (κ2) is 4.60. The maximum atomic E-state index is 11.4. The fourth-order valence-electron chi connectivity index (χ4n) is 3.14. The Balaban J connectivity index is 1.95. The number of carboxylic acids is 1. The van der Waals surface area contributed by atoms with Crippen molar-refractivity contribution in [3.63, 3.8) is 0 Å². The molecule has 0 aromatic heterocycles. The van der Waals surface area contributed by atoms with Crippen LogP contribution in [0, 0.1) is 11.3 Å². The molecule has 3 heteroatoms. The van der Waals surface area contributed by atoms with Crippen molar-refractivity contribution >= 4 is 5.97 Å².